The fraction of sp³-hybridized carbons (Fsp3) is 0.846. The van der Waals surface area contributed by atoms with Gasteiger partial charge in [0.25, 0.3) is 0 Å². The number of hydrogen-bond acceptors (Lipinski definition) is 2. The molecule has 2 rings (SSSR count). The Hall–Kier alpha value is -0.860. The molecule has 0 aliphatic heterocycles. The lowest BCUT2D eigenvalue weighted by atomic mass is 9.89. The highest BCUT2D eigenvalue weighted by Gasteiger charge is 2.21. The van der Waals surface area contributed by atoms with E-state index in [9.17, 15) is 0 Å². The normalized spacial score (nSPS) is 20.2. The molecule has 1 aliphatic carbocycles. The lowest BCUT2D eigenvalue weighted by Gasteiger charge is -2.18. The number of aromatic nitrogens is 3. The van der Waals surface area contributed by atoms with Crippen LogP contribution >= 0.6 is 0 Å². The number of rotatable bonds is 3. The SMILES string of the molecule is CC(C)C(C)c1n[nH]c(C2CCCCC2)n1. The summed E-state index contributed by atoms with van der Waals surface area (Å²) in [7, 11) is 0. The predicted octanol–water partition coefficient (Wildman–Crippen LogP) is 3.61. The first kappa shape index (κ1) is 11.6. The summed E-state index contributed by atoms with van der Waals surface area (Å²) in [4.78, 5) is 4.69. The van der Waals surface area contributed by atoms with Crippen molar-refractivity contribution in [3.8, 4) is 0 Å². The molecule has 0 radical (unpaired) electrons. The maximum absolute atomic E-state index is 4.69. The number of aromatic amines is 1. The molecule has 1 saturated carbocycles. The third-order valence-electron chi connectivity index (χ3n) is 3.92. The van der Waals surface area contributed by atoms with Crippen molar-refractivity contribution >= 4 is 0 Å². The van der Waals surface area contributed by atoms with Crippen molar-refractivity contribution in [1.29, 1.82) is 0 Å². The summed E-state index contributed by atoms with van der Waals surface area (Å²) in [5, 5.41) is 7.53. The van der Waals surface area contributed by atoms with Gasteiger partial charge in [-0.1, -0.05) is 40.0 Å². The van der Waals surface area contributed by atoms with Crippen molar-refractivity contribution in [2.75, 3.05) is 0 Å². The molecule has 3 heteroatoms. The molecule has 1 fully saturated rings. The van der Waals surface area contributed by atoms with Crippen molar-refractivity contribution in [2.24, 2.45) is 5.92 Å². The van der Waals surface area contributed by atoms with Gasteiger partial charge in [0.15, 0.2) is 5.82 Å². The highest BCUT2D eigenvalue weighted by atomic mass is 15.2. The van der Waals surface area contributed by atoms with E-state index < -0.39 is 0 Å². The van der Waals surface area contributed by atoms with Crippen molar-refractivity contribution < 1.29 is 0 Å². The van der Waals surface area contributed by atoms with Gasteiger partial charge < -0.3 is 0 Å². The summed E-state index contributed by atoms with van der Waals surface area (Å²) in [5.74, 6) is 3.82. The van der Waals surface area contributed by atoms with E-state index in [1.54, 1.807) is 0 Å². The zero-order chi connectivity index (χ0) is 11.5. The predicted molar refractivity (Wildman–Crippen MR) is 65.5 cm³/mol. The standard InChI is InChI=1S/C13H23N3/c1-9(2)10(3)12-14-13(16-15-12)11-7-5-4-6-8-11/h9-11H,4-8H2,1-3H3,(H,14,15,16). The average molecular weight is 221 g/mol. The molecular weight excluding hydrogens is 198 g/mol. The highest BCUT2D eigenvalue weighted by molar-refractivity contribution is 5.02. The summed E-state index contributed by atoms with van der Waals surface area (Å²) >= 11 is 0. The van der Waals surface area contributed by atoms with E-state index in [4.69, 9.17) is 0 Å². The number of nitrogens with zero attached hydrogens (tertiary/aromatic N) is 2. The van der Waals surface area contributed by atoms with Crippen LogP contribution in [0.25, 0.3) is 0 Å². The number of H-pyrrole nitrogens is 1. The van der Waals surface area contributed by atoms with Gasteiger partial charge in [-0.3, -0.25) is 5.10 Å². The maximum Gasteiger partial charge on any atom is 0.153 e. The van der Waals surface area contributed by atoms with E-state index in [0.717, 1.165) is 11.6 Å². The maximum atomic E-state index is 4.69. The molecule has 1 heterocycles. The Bertz CT molecular complexity index is 324. The molecule has 0 bridgehead atoms. The van der Waals surface area contributed by atoms with E-state index in [2.05, 4.69) is 36.0 Å². The van der Waals surface area contributed by atoms with E-state index >= 15 is 0 Å². The Labute approximate surface area is 98.1 Å². The molecule has 0 saturated heterocycles. The van der Waals surface area contributed by atoms with Gasteiger partial charge in [0.1, 0.15) is 5.82 Å². The topological polar surface area (TPSA) is 41.6 Å². The first-order chi connectivity index (χ1) is 7.68. The molecular formula is C13H23N3. The minimum absolute atomic E-state index is 0.452. The zero-order valence-electron chi connectivity index (χ0n) is 10.7. The molecule has 0 spiro atoms. The lowest BCUT2D eigenvalue weighted by Crippen LogP contribution is -2.07. The Balaban J connectivity index is 2.06. The Morgan fingerprint density at radius 2 is 1.81 bits per heavy atom. The first-order valence-corrected chi connectivity index (χ1v) is 6.60. The highest BCUT2D eigenvalue weighted by Crippen LogP contribution is 2.31. The monoisotopic (exact) mass is 221 g/mol. The van der Waals surface area contributed by atoms with Gasteiger partial charge in [0.2, 0.25) is 0 Å². The van der Waals surface area contributed by atoms with Gasteiger partial charge >= 0.3 is 0 Å². The van der Waals surface area contributed by atoms with Crippen molar-refractivity contribution in [3.05, 3.63) is 11.6 Å². The molecule has 3 nitrogen and oxygen atoms in total. The van der Waals surface area contributed by atoms with Crippen molar-refractivity contribution in [1.82, 2.24) is 15.2 Å². The van der Waals surface area contributed by atoms with Gasteiger partial charge in [0.05, 0.1) is 0 Å². The van der Waals surface area contributed by atoms with Crippen LogP contribution in [0.15, 0.2) is 0 Å². The van der Waals surface area contributed by atoms with Gasteiger partial charge in [-0.15, -0.1) is 0 Å². The Morgan fingerprint density at radius 1 is 1.12 bits per heavy atom. The van der Waals surface area contributed by atoms with E-state index in [1.807, 2.05) is 0 Å². The zero-order valence-corrected chi connectivity index (χ0v) is 10.7. The lowest BCUT2D eigenvalue weighted by molar-refractivity contribution is 0.429. The van der Waals surface area contributed by atoms with Gasteiger partial charge in [-0.2, -0.15) is 5.10 Å². The van der Waals surface area contributed by atoms with Crippen LogP contribution in [0.2, 0.25) is 0 Å². The summed E-state index contributed by atoms with van der Waals surface area (Å²) in [6, 6.07) is 0. The summed E-state index contributed by atoms with van der Waals surface area (Å²) in [6.07, 6.45) is 6.65. The molecule has 1 N–H and O–H groups in total. The third-order valence-corrected chi connectivity index (χ3v) is 3.92. The van der Waals surface area contributed by atoms with Crippen LogP contribution in [0.3, 0.4) is 0 Å². The molecule has 1 aromatic rings. The fourth-order valence-corrected chi connectivity index (χ4v) is 2.35. The van der Waals surface area contributed by atoms with Crippen LogP contribution in [-0.2, 0) is 0 Å². The first-order valence-electron chi connectivity index (χ1n) is 6.60. The molecule has 1 aromatic heterocycles. The van der Waals surface area contributed by atoms with Crippen LogP contribution in [-0.4, -0.2) is 15.2 Å². The Morgan fingerprint density at radius 3 is 2.44 bits per heavy atom. The Kier molecular flexibility index (Phi) is 3.62. The second-order valence-electron chi connectivity index (χ2n) is 5.45. The molecule has 1 aliphatic rings. The minimum Gasteiger partial charge on any atom is -0.263 e. The van der Waals surface area contributed by atoms with Gasteiger partial charge in [-0.05, 0) is 18.8 Å². The van der Waals surface area contributed by atoms with Crippen LogP contribution in [0.5, 0.6) is 0 Å². The summed E-state index contributed by atoms with van der Waals surface area (Å²) < 4.78 is 0. The van der Waals surface area contributed by atoms with E-state index in [0.29, 0.717) is 17.8 Å². The summed E-state index contributed by atoms with van der Waals surface area (Å²) in [5.41, 5.74) is 0. The van der Waals surface area contributed by atoms with Crippen LogP contribution in [0.1, 0.15) is 76.4 Å². The second kappa shape index (κ2) is 4.98. The van der Waals surface area contributed by atoms with Crippen molar-refractivity contribution in [3.63, 3.8) is 0 Å². The molecule has 16 heavy (non-hydrogen) atoms. The number of hydrogen-bond donors (Lipinski definition) is 1. The van der Waals surface area contributed by atoms with Crippen LogP contribution < -0.4 is 0 Å². The van der Waals surface area contributed by atoms with Gasteiger partial charge in [0, 0.05) is 11.8 Å². The second-order valence-corrected chi connectivity index (χ2v) is 5.45. The third kappa shape index (κ3) is 2.45. The fourth-order valence-electron chi connectivity index (χ4n) is 2.35. The van der Waals surface area contributed by atoms with E-state index in [1.165, 1.54) is 32.1 Å². The van der Waals surface area contributed by atoms with E-state index in [-0.39, 0.29) is 0 Å². The largest absolute Gasteiger partial charge is 0.263 e. The smallest absolute Gasteiger partial charge is 0.153 e. The molecule has 1 atom stereocenters. The molecule has 1 unspecified atom stereocenters. The summed E-state index contributed by atoms with van der Waals surface area (Å²) in [6.45, 7) is 6.65. The molecule has 90 valence electrons. The minimum atomic E-state index is 0.452. The van der Waals surface area contributed by atoms with Crippen molar-refractivity contribution in [2.45, 2.75) is 64.7 Å². The van der Waals surface area contributed by atoms with Gasteiger partial charge in [-0.25, -0.2) is 4.98 Å². The van der Waals surface area contributed by atoms with Crippen LogP contribution in [0, 0.1) is 5.92 Å². The van der Waals surface area contributed by atoms with Crippen LogP contribution in [0.4, 0.5) is 0 Å². The number of nitrogens with one attached hydrogen (secondary N) is 1. The molecule has 0 aromatic carbocycles. The quantitative estimate of drug-likeness (QED) is 0.847. The molecule has 0 amide bonds. The average Bonchev–Trinajstić information content (AvgIpc) is 2.78.